The first-order valence-electron chi connectivity index (χ1n) is 9.23. The monoisotopic (exact) mass is 504 g/mol. The minimum Gasteiger partial charge on any atom is -0.383 e. The lowest BCUT2D eigenvalue weighted by atomic mass is 9.97. The van der Waals surface area contributed by atoms with E-state index in [0.29, 0.717) is 9.77 Å². The largest absolute Gasteiger partial charge is 0.383 e. The molecule has 7 N–H and O–H groups in total. The molecule has 0 saturated carbocycles. The summed E-state index contributed by atoms with van der Waals surface area (Å²) in [6.45, 7) is 1.48. The molecule has 0 aliphatic rings. The highest BCUT2D eigenvalue weighted by Crippen LogP contribution is 2.46. The third-order valence-corrected chi connectivity index (χ3v) is 9.18. The number of nitrogen functional groups attached to an aromatic ring is 1. The maximum atomic E-state index is 13.9. The molecule has 0 amide bonds. The number of nitro groups is 1. The normalized spacial score (nSPS) is 11.2. The molecule has 172 valence electrons. The van der Waals surface area contributed by atoms with Crippen LogP contribution in [0.3, 0.4) is 0 Å². The molecule has 0 bridgehead atoms. The number of sulfone groups is 1. The van der Waals surface area contributed by atoms with Gasteiger partial charge in [0.2, 0.25) is 9.84 Å². The number of nitrogens with two attached hydrogens (primary N) is 3. The quantitative estimate of drug-likeness (QED) is 0.124. The number of nitrogens with one attached hydrogen (secondary N) is 1. The molecule has 0 radical (unpaired) electrons. The maximum Gasteiger partial charge on any atom is 0.279 e. The highest BCUT2D eigenvalue weighted by atomic mass is 32.2. The van der Waals surface area contributed by atoms with Crippen LogP contribution in [0.5, 0.6) is 0 Å². The van der Waals surface area contributed by atoms with Crippen LogP contribution in [0.1, 0.15) is 10.4 Å². The van der Waals surface area contributed by atoms with E-state index < -0.39 is 20.7 Å². The molecule has 0 saturated heterocycles. The van der Waals surface area contributed by atoms with E-state index in [9.17, 15) is 18.5 Å². The van der Waals surface area contributed by atoms with Crippen molar-refractivity contribution in [2.75, 3.05) is 6.26 Å². The maximum absolute atomic E-state index is 13.9. The average Bonchev–Trinajstić information content (AvgIpc) is 3.19. The van der Waals surface area contributed by atoms with Crippen molar-refractivity contribution in [2.45, 2.75) is 20.9 Å². The van der Waals surface area contributed by atoms with Crippen LogP contribution < -0.4 is 17.2 Å². The van der Waals surface area contributed by atoms with Crippen molar-refractivity contribution in [3.05, 3.63) is 63.0 Å². The van der Waals surface area contributed by atoms with Crippen LogP contribution in [0.25, 0.3) is 11.1 Å². The van der Waals surface area contributed by atoms with E-state index in [-0.39, 0.29) is 43.0 Å². The molecule has 0 unspecified atom stereocenters. The van der Waals surface area contributed by atoms with Gasteiger partial charge in [-0.1, -0.05) is 30.3 Å². The van der Waals surface area contributed by atoms with Crippen LogP contribution in [0.15, 0.2) is 61.5 Å². The lowest BCUT2D eigenvalue weighted by molar-refractivity contribution is -0.384. The van der Waals surface area contributed by atoms with E-state index in [2.05, 4.69) is 4.99 Å². The fraction of sp³-hybridized carbons (Fsp3) is 0.100. The molecule has 0 aliphatic heterocycles. The standard InChI is InChI=1S/C20H20N6O4S3/c1-10-16(11-6-4-3-5-7-11)13(26(27)28)8-12(25-20(23)24)17(10)33(29,30)15-9-14(18(21)22)32-19(15)31-2/h3-9H,1-2H3,(H3,21,22)(H4,23,24,25). The SMILES string of the molecule is CSc1sc(C(=N)N)cc1S(=O)(=O)c1c(N=C(N)N)cc([N+](=O)[O-])c(-c2ccccc2)c1C. The lowest BCUT2D eigenvalue weighted by Gasteiger charge is -2.16. The van der Waals surface area contributed by atoms with Crippen molar-refractivity contribution < 1.29 is 13.3 Å². The smallest absolute Gasteiger partial charge is 0.279 e. The lowest BCUT2D eigenvalue weighted by Crippen LogP contribution is -2.22. The number of guanidine groups is 1. The van der Waals surface area contributed by atoms with Crippen molar-refractivity contribution >= 4 is 56.1 Å². The van der Waals surface area contributed by atoms with Gasteiger partial charge in [0, 0.05) is 6.07 Å². The summed E-state index contributed by atoms with van der Waals surface area (Å²) in [6.07, 6.45) is 1.70. The van der Waals surface area contributed by atoms with Gasteiger partial charge in [-0.2, -0.15) is 0 Å². The van der Waals surface area contributed by atoms with Gasteiger partial charge in [0.25, 0.3) is 5.69 Å². The van der Waals surface area contributed by atoms with Crippen LogP contribution in [0.2, 0.25) is 0 Å². The molecule has 0 atom stereocenters. The van der Waals surface area contributed by atoms with Crippen molar-refractivity contribution in [3.8, 4) is 11.1 Å². The highest BCUT2D eigenvalue weighted by Gasteiger charge is 2.33. The molecule has 0 spiro atoms. The Labute approximate surface area is 198 Å². The number of nitrogens with zero attached hydrogens (tertiary/aromatic N) is 2. The van der Waals surface area contributed by atoms with Crippen LogP contribution in [0, 0.1) is 22.4 Å². The third kappa shape index (κ3) is 4.55. The second kappa shape index (κ2) is 9.21. The summed E-state index contributed by atoms with van der Waals surface area (Å²) >= 11 is 2.25. The summed E-state index contributed by atoms with van der Waals surface area (Å²) < 4.78 is 28.2. The number of aliphatic imine (C=N–C) groups is 1. The first kappa shape index (κ1) is 24.2. The number of hydrogen-bond donors (Lipinski definition) is 4. The predicted octanol–water partition coefficient (Wildman–Crippen LogP) is 3.38. The molecule has 3 aromatic rings. The number of thioether (sulfide) groups is 1. The van der Waals surface area contributed by atoms with Gasteiger partial charge in [0.1, 0.15) is 10.7 Å². The molecule has 10 nitrogen and oxygen atoms in total. The van der Waals surface area contributed by atoms with E-state index in [1.807, 2.05) is 0 Å². The predicted molar refractivity (Wildman–Crippen MR) is 131 cm³/mol. The molecule has 13 heteroatoms. The molecule has 3 rings (SSSR count). The van der Waals surface area contributed by atoms with E-state index in [0.717, 1.165) is 17.4 Å². The van der Waals surface area contributed by atoms with Gasteiger partial charge >= 0.3 is 0 Å². The van der Waals surface area contributed by atoms with Crippen molar-refractivity contribution in [1.82, 2.24) is 0 Å². The van der Waals surface area contributed by atoms with Gasteiger partial charge < -0.3 is 17.2 Å². The van der Waals surface area contributed by atoms with Crippen molar-refractivity contribution in [3.63, 3.8) is 0 Å². The van der Waals surface area contributed by atoms with Crippen LogP contribution >= 0.6 is 23.1 Å². The minimum atomic E-state index is -4.28. The Morgan fingerprint density at radius 1 is 1.18 bits per heavy atom. The summed E-state index contributed by atoms with van der Waals surface area (Å²) in [6, 6.07) is 10.8. The fourth-order valence-corrected chi connectivity index (χ4v) is 7.58. The first-order chi connectivity index (χ1) is 15.5. The van der Waals surface area contributed by atoms with Gasteiger partial charge in [0.05, 0.1) is 30.2 Å². The number of nitro benzene ring substituents is 1. The summed E-state index contributed by atoms with van der Waals surface area (Å²) in [5, 5.41) is 19.6. The number of hydrogen-bond acceptors (Lipinski definition) is 8. The van der Waals surface area contributed by atoms with Gasteiger partial charge in [-0.05, 0) is 30.4 Å². The molecule has 1 heterocycles. The second-order valence-corrected chi connectivity index (χ2v) is 10.8. The Kier molecular flexibility index (Phi) is 6.76. The summed E-state index contributed by atoms with van der Waals surface area (Å²) in [4.78, 5) is 15.1. The molecule has 33 heavy (non-hydrogen) atoms. The van der Waals surface area contributed by atoms with E-state index >= 15 is 0 Å². The Hall–Kier alpha value is -3.42. The van der Waals surface area contributed by atoms with Gasteiger partial charge in [-0.3, -0.25) is 15.5 Å². The van der Waals surface area contributed by atoms with Crippen molar-refractivity contribution in [2.24, 2.45) is 22.2 Å². The molecular weight excluding hydrogens is 484 g/mol. The molecule has 0 aliphatic carbocycles. The van der Waals surface area contributed by atoms with Gasteiger partial charge in [-0.25, -0.2) is 13.4 Å². The van der Waals surface area contributed by atoms with Crippen molar-refractivity contribution in [1.29, 1.82) is 5.41 Å². The van der Waals surface area contributed by atoms with Crippen LogP contribution in [-0.4, -0.2) is 31.4 Å². The Balaban J connectivity index is 2.48. The summed E-state index contributed by atoms with van der Waals surface area (Å²) in [5.74, 6) is -0.723. The third-order valence-electron chi connectivity index (χ3n) is 4.66. The van der Waals surface area contributed by atoms with E-state index in [1.54, 1.807) is 36.6 Å². The van der Waals surface area contributed by atoms with E-state index in [1.165, 1.54) is 24.8 Å². The zero-order valence-electron chi connectivity index (χ0n) is 17.5. The number of rotatable bonds is 7. The molecule has 1 aromatic heterocycles. The number of benzene rings is 2. The number of thiophene rings is 1. The first-order valence-corrected chi connectivity index (χ1v) is 12.8. The summed E-state index contributed by atoms with van der Waals surface area (Å²) in [7, 11) is -4.28. The molecule has 2 aromatic carbocycles. The molecule has 0 fully saturated rings. The summed E-state index contributed by atoms with van der Waals surface area (Å²) in [5.41, 5.74) is 16.8. The Morgan fingerprint density at radius 2 is 1.82 bits per heavy atom. The van der Waals surface area contributed by atoms with Crippen LogP contribution in [0.4, 0.5) is 11.4 Å². The van der Waals surface area contributed by atoms with E-state index in [4.69, 9.17) is 22.6 Å². The topological polar surface area (TPSA) is 192 Å². The minimum absolute atomic E-state index is 0.0757. The zero-order chi connectivity index (χ0) is 24.5. The second-order valence-electron chi connectivity index (χ2n) is 6.79. The zero-order valence-corrected chi connectivity index (χ0v) is 20.0. The van der Waals surface area contributed by atoms with Gasteiger partial charge in [-0.15, -0.1) is 23.1 Å². The van der Waals surface area contributed by atoms with Crippen LogP contribution in [-0.2, 0) is 9.84 Å². The number of amidine groups is 1. The fourth-order valence-electron chi connectivity index (χ4n) is 3.37. The highest BCUT2D eigenvalue weighted by molar-refractivity contribution is 8.01. The average molecular weight is 505 g/mol. The Bertz CT molecular complexity index is 1390. The Morgan fingerprint density at radius 3 is 2.33 bits per heavy atom. The van der Waals surface area contributed by atoms with Gasteiger partial charge in [0.15, 0.2) is 5.96 Å². The molecular formula is C20H20N6O4S3.